The Morgan fingerprint density at radius 1 is 1.26 bits per heavy atom. The quantitative estimate of drug-likeness (QED) is 0.769. The van der Waals surface area contributed by atoms with E-state index >= 15 is 0 Å². The molecular weight excluding hydrogens is 242 g/mol. The van der Waals surface area contributed by atoms with Gasteiger partial charge < -0.3 is 4.74 Å². The van der Waals surface area contributed by atoms with Crippen molar-refractivity contribution < 1.29 is 14.3 Å². The van der Waals surface area contributed by atoms with Crippen LogP contribution in [0.2, 0.25) is 0 Å². The van der Waals surface area contributed by atoms with Crippen molar-refractivity contribution in [2.45, 2.75) is 45.6 Å². The molecule has 1 rings (SSSR count). The highest BCUT2D eigenvalue weighted by Crippen LogP contribution is 2.20. The average molecular weight is 263 g/mol. The summed E-state index contributed by atoms with van der Waals surface area (Å²) in [7, 11) is 0. The Labute approximate surface area is 114 Å². The normalized spacial score (nSPS) is 12.0. The van der Waals surface area contributed by atoms with Crippen LogP contribution >= 0.6 is 0 Å². The molecule has 0 heterocycles. The van der Waals surface area contributed by atoms with E-state index in [1.165, 1.54) is 5.56 Å². The molecule has 1 unspecified atom stereocenters. The zero-order chi connectivity index (χ0) is 14.3. The third-order valence-electron chi connectivity index (χ3n) is 2.88. The lowest BCUT2D eigenvalue weighted by atomic mass is 10.0. The maximum Gasteiger partial charge on any atom is 0.226 e. The van der Waals surface area contributed by atoms with Crippen LogP contribution < -0.4 is 10.1 Å². The summed E-state index contributed by atoms with van der Waals surface area (Å²) in [4.78, 5) is 21.2. The van der Waals surface area contributed by atoms with Crippen LogP contribution in [-0.2, 0) is 9.59 Å². The summed E-state index contributed by atoms with van der Waals surface area (Å²) in [5.74, 6) is 1.02. The minimum Gasteiger partial charge on any atom is -0.491 e. The molecule has 0 aliphatic carbocycles. The van der Waals surface area contributed by atoms with Crippen LogP contribution in [0.3, 0.4) is 0 Å². The first kappa shape index (κ1) is 15.2. The van der Waals surface area contributed by atoms with Gasteiger partial charge in [-0.25, -0.2) is 0 Å². The smallest absolute Gasteiger partial charge is 0.226 e. The van der Waals surface area contributed by atoms with Gasteiger partial charge in [0.25, 0.3) is 0 Å². The number of hydrogen-bond donors (Lipinski definition) is 1. The van der Waals surface area contributed by atoms with Gasteiger partial charge in [0.15, 0.2) is 0 Å². The molecular formula is C15H21NO3. The number of ether oxygens (including phenoxy) is 1. The van der Waals surface area contributed by atoms with Gasteiger partial charge in [-0.3, -0.25) is 14.9 Å². The Morgan fingerprint density at radius 2 is 1.89 bits per heavy atom. The summed E-state index contributed by atoms with van der Waals surface area (Å²) < 4.78 is 5.71. The second-order valence-electron chi connectivity index (χ2n) is 4.88. The van der Waals surface area contributed by atoms with Gasteiger partial charge in [-0.1, -0.05) is 26.0 Å². The third-order valence-corrected chi connectivity index (χ3v) is 2.88. The topological polar surface area (TPSA) is 55.4 Å². The molecule has 1 aromatic rings. The van der Waals surface area contributed by atoms with Gasteiger partial charge in [0.05, 0.1) is 6.10 Å². The Bertz CT molecular complexity index is 412. The molecule has 0 saturated carbocycles. The lowest BCUT2D eigenvalue weighted by Gasteiger charge is -2.15. The molecule has 0 fully saturated rings. The van der Waals surface area contributed by atoms with Crippen LogP contribution in [0.15, 0.2) is 24.3 Å². The van der Waals surface area contributed by atoms with Crippen LogP contribution in [0.25, 0.3) is 0 Å². The standard InChI is InChI=1S/C15H21NO3/c1-11(2)13-5-7-14(8-6-13)19-12(3)4-9-15(18)16-10-17/h5-8,10-12H,4,9H2,1-3H3,(H,16,17,18). The van der Waals surface area contributed by atoms with Gasteiger partial charge >= 0.3 is 0 Å². The monoisotopic (exact) mass is 263 g/mol. The van der Waals surface area contributed by atoms with Crippen molar-refractivity contribution in [1.29, 1.82) is 0 Å². The van der Waals surface area contributed by atoms with Crippen LogP contribution in [-0.4, -0.2) is 18.4 Å². The van der Waals surface area contributed by atoms with Gasteiger partial charge in [0, 0.05) is 6.42 Å². The van der Waals surface area contributed by atoms with E-state index in [1.54, 1.807) is 0 Å². The molecule has 0 aliphatic rings. The van der Waals surface area contributed by atoms with Gasteiger partial charge in [-0.15, -0.1) is 0 Å². The van der Waals surface area contributed by atoms with Crippen molar-refractivity contribution in [3.63, 3.8) is 0 Å². The maximum atomic E-state index is 11.1. The summed E-state index contributed by atoms with van der Waals surface area (Å²) in [5, 5.41) is 2.11. The van der Waals surface area contributed by atoms with E-state index in [1.807, 2.05) is 31.2 Å². The van der Waals surface area contributed by atoms with Crippen molar-refractivity contribution in [2.24, 2.45) is 0 Å². The first-order chi connectivity index (χ1) is 9.02. The van der Waals surface area contributed by atoms with Crippen molar-refractivity contribution in [2.75, 3.05) is 0 Å². The first-order valence-corrected chi connectivity index (χ1v) is 6.52. The number of imide groups is 1. The molecule has 4 nitrogen and oxygen atoms in total. The molecule has 0 aromatic heterocycles. The van der Waals surface area contributed by atoms with E-state index in [9.17, 15) is 9.59 Å². The van der Waals surface area contributed by atoms with Crippen molar-refractivity contribution in [3.05, 3.63) is 29.8 Å². The number of nitrogens with one attached hydrogen (secondary N) is 1. The molecule has 0 aliphatic heterocycles. The molecule has 1 N–H and O–H groups in total. The van der Waals surface area contributed by atoms with Gasteiger partial charge in [-0.05, 0) is 37.0 Å². The van der Waals surface area contributed by atoms with Crippen molar-refractivity contribution in [1.82, 2.24) is 5.32 Å². The Balaban J connectivity index is 2.41. The summed E-state index contributed by atoms with van der Waals surface area (Å²) in [6.07, 6.45) is 1.19. The van der Waals surface area contributed by atoms with Crippen molar-refractivity contribution in [3.8, 4) is 5.75 Å². The fraction of sp³-hybridized carbons (Fsp3) is 0.467. The predicted molar refractivity (Wildman–Crippen MR) is 74.1 cm³/mol. The lowest BCUT2D eigenvalue weighted by Crippen LogP contribution is -2.23. The Kier molecular flexibility index (Phi) is 6.06. The molecule has 0 radical (unpaired) electrons. The van der Waals surface area contributed by atoms with E-state index in [2.05, 4.69) is 19.2 Å². The van der Waals surface area contributed by atoms with Crippen LogP contribution in [0, 0.1) is 0 Å². The van der Waals surface area contributed by atoms with Gasteiger partial charge in [0.2, 0.25) is 12.3 Å². The van der Waals surface area contributed by atoms with E-state index in [4.69, 9.17) is 4.74 Å². The van der Waals surface area contributed by atoms with Crippen LogP contribution in [0.4, 0.5) is 0 Å². The van der Waals surface area contributed by atoms with E-state index in [-0.39, 0.29) is 18.4 Å². The SMILES string of the molecule is CC(CCC(=O)NC=O)Oc1ccc(C(C)C)cc1. The molecule has 0 saturated heterocycles. The van der Waals surface area contributed by atoms with Crippen LogP contribution in [0.1, 0.15) is 45.1 Å². The number of carbonyl (C=O) groups excluding carboxylic acids is 2. The summed E-state index contributed by atoms with van der Waals surface area (Å²) in [6, 6.07) is 7.98. The van der Waals surface area contributed by atoms with Crippen molar-refractivity contribution >= 4 is 12.3 Å². The molecule has 0 spiro atoms. The summed E-state index contributed by atoms with van der Waals surface area (Å²) in [6.45, 7) is 6.19. The largest absolute Gasteiger partial charge is 0.491 e. The number of rotatable bonds is 7. The van der Waals surface area contributed by atoms with E-state index in [0.29, 0.717) is 18.7 Å². The molecule has 2 amide bonds. The molecule has 1 atom stereocenters. The molecule has 19 heavy (non-hydrogen) atoms. The van der Waals surface area contributed by atoms with E-state index < -0.39 is 0 Å². The molecule has 1 aromatic carbocycles. The number of amides is 2. The molecule has 0 bridgehead atoms. The number of hydrogen-bond acceptors (Lipinski definition) is 3. The first-order valence-electron chi connectivity index (χ1n) is 6.52. The minimum atomic E-state index is -0.277. The highest BCUT2D eigenvalue weighted by atomic mass is 16.5. The van der Waals surface area contributed by atoms with E-state index in [0.717, 1.165) is 5.75 Å². The third kappa shape index (κ3) is 5.55. The fourth-order valence-corrected chi connectivity index (χ4v) is 1.69. The zero-order valence-electron chi connectivity index (χ0n) is 11.7. The summed E-state index contributed by atoms with van der Waals surface area (Å²) >= 11 is 0. The minimum absolute atomic E-state index is 0.0673. The highest BCUT2D eigenvalue weighted by Gasteiger charge is 2.08. The number of benzene rings is 1. The summed E-state index contributed by atoms with van der Waals surface area (Å²) in [5.41, 5.74) is 1.27. The highest BCUT2D eigenvalue weighted by molar-refractivity contribution is 5.85. The fourth-order valence-electron chi connectivity index (χ4n) is 1.69. The number of carbonyl (C=O) groups is 2. The maximum absolute atomic E-state index is 11.1. The van der Waals surface area contributed by atoms with Gasteiger partial charge in [-0.2, -0.15) is 0 Å². The molecule has 104 valence electrons. The lowest BCUT2D eigenvalue weighted by molar-refractivity contribution is -0.125. The Hall–Kier alpha value is -1.84. The zero-order valence-corrected chi connectivity index (χ0v) is 11.7. The predicted octanol–water partition coefficient (Wildman–Crippen LogP) is 2.63. The second kappa shape index (κ2) is 7.56. The second-order valence-corrected chi connectivity index (χ2v) is 4.88. The average Bonchev–Trinajstić information content (AvgIpc) is 2.37. The van der Waals surface area contributed by atoms with Crippen LogP contribution in [0.5, 0.6) is 5.75 Å². The van der Waals surface area contributed by atoms with Gasteiger partial charge in [0.1, 0.15) is 5.75 Å². The molecule has 4 heteroatoms. The Morgan fingerprint density at radius 3 is 2.42 bits per heavy atom.